The maximum atomic E-state index is 8.15. The van der Waals surface area contributed by atoms with Gasteiger partial charge in [-0.1, -0.05) is 12.2 Å². The van der Waals surface area contributed by atoms with Crippen LogP contribution in [0.3, 0.4) is 0 Å². The van der Waals surface area contributed by atoms with Crippen LogP contribution in [0, 0.1) is 0 Å². The highest BCUT2D eigenvalue weighted by Crippen LogP contribution is 1.63. The maximum Gasteiger partial charge on any atom is 0.128 e. The van der Waals surface area contributed by atoms with Crippen molar-refractivity contribution in [3.05, 3.63) is 0 Å². The Hall–Kier alpha value is 0.0800. The summed E-state index contributed by atoms with van der Waals surface area (Å²) in [5, 5.41) is 19.1. The Bertz CT molecular complexity index is 86.8. The minimum atomic E-state index is 0. The number of thiol groups is 1. The van der Waals surface area contributed by atoms with Crippen molar-refractivity contribution in [1.82, 2.24) is 11.5 Å². The highest BCUT2D eigenvalue weighted by atomic mass is 32.1. The van der Waals surface area contributed by atoms with Crippen molar-refractivity contribution < 1.29 is 10.2 Å². The number of rotatable bonds is 4. The molecule has 7 heteroatoms. The highest BCUT2D eigenvalue weighted by Gasteiger charge is 1.78. The zero-order valence-electron chi connectivity index (χ0n) is 6.86. The van der Waals surface area contributed by atoms with Crippen LogP contribution >= 0.6 is 24.8 Å². The van der Waals surface area contributed by atoms with E-state index >= 15 is 0 Å². The minimum absolute atomic E-state index is 0. The summed E-state index contributed by atoms with van der Waals surface area (Å²) >= 11 is 7.65. The van der Waals surface area contributed by atoms with Crippen LogP contribution in [-0.2, 0) is 0 Å². The van der Waals surface area contributed by atoms with Gasteiger partial charge in [-0.15, -0.1) is 12.6 Å². The number of nitrogens with one attached hydrogen (secondary N) is 1. The third kappa shape index (κ3) is 49.9. The predicted molar refractivity (Wildman–Crippen MR) is 57.8 cm³/mol. The molecule has 0 spiro atoms. The summed E-state index contributed by atoms with van der Waals surface area (Å²) in [6, 6.07) is 0. The monoisotopic (exact) mass is 215 g/mol. The van der Waals surface area contributed by atoms with Gasteiger partial charge in [0.1, 0.15) is 4.32 Å². The fourth-order valence-corrected chi connectivity index (χ4v) is 0.283. The lowest BCUT2D eigenvalue weighted by Gasteiger charge is -1.94. The number of hydrogen-bond donors (Lipinski definition) is 6. The van der Waals surface area contributed by atoms with Crippen molar-refractivity contribution in [2.24, 2.45) is 5.73 Å². The van der Waals surface area contributed by atoms with Gasteiger partial charge < -0.3 is 27.4 Å². The molecule has 0 saturated carbocycles. The molecule has 0 bridgehead atoms. The fourth-order valence-electron chi connectivity index (χ4n) is 0.283. The molecule has 0 aliphatic rings. The van der Waals surface area contributed by atoms with E-state index in [1.54, 1.807) is 0 Å². The molecule has 0 rings (SSSR count). The van der Waals surface area contributed by atoms with Crippen molar-refractivity contribution in [1.29, 1.82) is 0 Å². The Kier molecular flexibility index (Phi) is 25.8. The first-order valence-electron chi connectivity index (χ1n) is 3.06. The van der Waals surface area contributed by atoms with Gasteiger partial charge in [0.25, 0.3) is 0 Å². The van der Waals surface area contributed by atoms with Crippen molar-refractivity contribution in [2.45, 2.75) is 0 Å². The first kappa shape index (κ1) is 18.0. The molecule has 0 unspecified atom stereocenters. The zero-order valence-corrected chi connectivity index (χ0v) is 8.57. The number of nitrogens with two attached hydrogens (primary N) is 1. The van der Waals surface area contributed by atoms with E-state index in [0.717, 1.165) is 0 Å². The first-order chi connectivity index (χ1) is 5.15. The van der Waals surface area contributed by atoms with Crippen LogP contribution in [-0.4, -0.2) is 40.8 Å². The van der Waals surface area contributed by atoms with Crippen LogP contribution in [0.25, 0.3) is 0 Å². The van der Waals surface area contributed by atoms with E-state index in [1.807, 2.05) is 0 Å². The molecule has 0 aromatic heterocycles. The lowest BCUT2D eigenvalue weighted by molar-refractivity contribution is 0.267. The van der Waals surface area contributed by atoms with Crippen LogP contribution in [0.15, 0.2) is 0 Å². The molecule has 12 heavy (non-hydrogen) atoms. The van der Waals surface area contributed by atoms with E-state index in [9.17, 15) is 0 Å². The number of hydrogen-bond acceptors (Lipinski definition) is 5. The Morgan fingerprint density at radius 2 is 1.58 bits per heavy atom. The third-order valence-electron chi connectivity index (χ3n) is 0.577. The molecule has 0 heterocycles. The van der Waals surface area contributed by atoms with Crippen molar-refractivity contribution in [3.8, 4) is 0 Å². The van der Waals surface area contributed by atoms with Gasteiger partial charge in [-0.2, -0.15) is 0 Å². The molecule has 0 saturated heterocycles. The van der Waals surface area contributed by atoms with Crippen LogP contribution in [0.2, 0.25) is 0 Å². The summed E-state index contributed by atoms with van der Waals surface area (Å²) in [5.41, 5.74) is 4.71. The molecule has 8 N–H and O–H groups in total. The molecule has 0 atom stereocenters. The maximum absolute atomic E-state index is 8.15. The third-order valence-corrected chi connectivity index (χ3v) is 0.577. The van der Waals surface area contributed by atoms with Crippen molar-refractivity contribution in [3.63, 3.8) is 0 Å². The molecule has 0 radical (unpaired) electrons. The Morgan fingerprint density at radius 1 is 1.33 bits per heavy atom. The number of thiocarbonyl (C=S) groups is 1. The van der Waals surface area contributed by atoms with Gasteiger partial charge in [-0.05, 0) is 0 Å². The molecular formula is C5H17N3O2S2. The summed E-state index contributed by atoms with van der Waals surface area (Å²) in [4.78, 5) is 0. The molecule has 0 aromatic carbocycles. The normalized spacial score (nSPS) is 7.58. The molecule has 0 aliphatic heterocycles. The second-order valence-corrected chi connectivity index (χ2v) is 2.76. The molecule has 0 aliphatic carbocycles. The van der Waals surface area contributed by atoms with Gasteiger partial charge in [0.05, 0.1) is 13.2 Å². The Labute approximate surface area is 83.3 Å². The molecule has 76 valence electrons. The molecule has 0 amide bonds. The van der Waals surface area contributed by atoms with Crippen LogP contribution in [0.4, 0.5) is 0 Å². The van der Waals surface area contributed by atoms with E-state index in [2.05, 4.69) is 30.2 Å². The highest BCUT2D eigenvalue weighted by molar-refractivity contribution is 8.10. The fraction of sp³-hybridized carbons (Fsp3) is 0.800. The van der Waals surface area contributed by atoms with E-state index in [0.29, 0.717) is 13.1 Å². The summed E-state index contributed by atoms with van der Waals surface area (Å²) in [7, 11) is 0. The summed E-state index contributed by atoms with van der Waals surface area (Å²) < 4.78 is 0.194. The summed E-state index contributed by atoms with van der Waals surface area (Å²) in [6.07, 6.45) is 0. The quantitative estimate of drug-likeness (QED) is 0.201. The zero-order chi connectivity index (χ0) is 9.11. The van der Waals surface area contributed by atoms with Gasteiger partial charge >= 0.3 is 0 Å². The summed E-state index contributed by atoms with van der Waals surface area (Å²) in [6.45, 7) is 1.42. The minimum Gasteiger partial charge on any atom is -0.395 e. The number of aliphatic hydroxyl groups excluding tert-OH is 2. The molecular weight excluding hydrogens is 198 g/mol. The lowest BCUT2D eigenvalue weighted by atomic mass is 10.6. The largest absolute Gasteiger partial charge is 0.395 e. The van der Waals surface area contributed by atoms with Gasteiger partial charge in [-0.25, -0.2) is 0 Å². The second-order valence-electron chi connectivity index (χ2n) is 1.54. The van der Waals surface area contributed by atoms with Crippen LogP contribution in [0.5, 0.6) is 0 Å². The average molecular weight is 215 g/mol. The summed E-state index contributed by atoms with van der Waals surface area (Å²) in [5.74, 6) is 0. The first-order valence-corrected chi connectivity index (χ1v) is 3.91. The average Bonchev–Trinajstić information content (AvgIpc) is 1.88. The van der Waals surface area contributed by atoms with Crippen LogP contribution in [0.1, 0.15) is 0 Å². The predicted octanol–water partition coefficient (Wildman–Crippen LogP) is -1.12. The van der Waals surface area contributed by atoms with Crippen molar-refractivity contribution >= 4 is 29.2 Å². The number of aliphatic hydroxyl groups is 2. The Morgan fingerprint density at radius 3 is 1.75 bits per heavy atom. The van der Waals surface area contributed by atoms with E-state index < -0.39 is 0 Å². The van der Waals surface area contributed by atoms with E-state index in [-0.39, 0.29) is 23.7 Å². The van der Waals surface area contributed by atoms with Crippen molar-refractivity contribution in [2.75, 3.05) is 26.3 Å². The topological polar surface area (TPSA) is 114 Å². The Balaban J connectivity index is -0.000000142. The molecule has 5 nitrogen and oxygen atoms in total. The van der Waals surface area contributed by atoms with Gasteiger partial charge in [-0.3, -0.25) is 0 Å². The van der Waals surface area contributed by atoms with Gasteiger partial charge in [0, 0.05) is 13.1 Å². The molecule has 0 fully saturated rings. The standard InChI is InChI=1S/C4H11NO2.CH3NS2.H3N/c6-3-1-5-2-4-7;2-1(3)4;/h5-7H,1-4H2;(H3,2,3,4);1H3. The van der Waals surface area contributed by atoms with E-state index in [1.165, 1.54) is 0 Å². The van der Waals surface area contributed by atoms with E-state index in [4.69, 9.17) is 15.9 Å². The molecule has 0 aromatic rings. The second kappa shape index (κ2) is 17.2. The van der Waals surface area contributed by atoms with Gasteiger partial charge in [0.15, 0.2) is 0 Å². The SMILES string of the molecule is N.NC(=S)S.OCCNCCO. The smallest absolute Gasteiger partial charge is 0.128 e. The van der Waals surface area contributed by atoms with Gasteiger partial charge in [0.2, 0.25) is 0 Å². The van der Waals surface area contributed by atoms with Crippen LogP contribution < -0.4 is 17.2 Å². The lowest BCUT2D eigenvalue weighted by Crippen LogP contribution is -2.21.